The van der Waals surface area contributed by atoms with Crippen LogP contribution in [0.1, 0.15) is 66.8 Å². The first-order valence-electron chi connectivity index (χ1n) is 51.2. The Kier molecular flexibility index (Phi) is 16.7. The molecule has 0 radical (unpaired) electrons. The summed E-state index contributed by atoms with van der Waals surface area (Å²) < 4.78 is 18.3. The number of rotatable bonds is 4. The maximum absolute atomic E-state index is 2.55. The summed E-state index contributed by atoms with van der Waals surface area (Å²) in [6.07, 6.45) is 0. The van der Waals surface area contributed by atoms with Crippen LogP contribution < -0.4 is 0 Å². The van der Waals surface area contributed by atoms with Crippen LogP contribution in [0.4, 0.5) is 0 Å². The van der Waals surface area contributed by atoms with E-state index in [1.807, 2.05) is 45.3 Å². The zero-order valence-corrected chi connectivity index (χ0v) is 83.0. The van der Waals surface area contributed by atoms with Gasteiger partial charge < -0.3 is 13.7 Å². The quantitative estimate of drug-likeness (QED) is 0.167. The summed E-state index contributed by atoms with van der Waals surface area (Å²) in [5.41, 5.74) is 44.5. The molecule has 0 atom stereocenters. The summed E-state index contributed by atoms with van der Waals surface area (Å²) in [7, 11) is 0. The van der Waals surface area contributed by atoms with Crippen molar-refractivity contribution in [2.75, 3.05) is 0 Å². The molecule has 0 fully saturated rings. The molecule has 7 heteroatoms. The molecule has 148 heavy (non-hydrogen) atoms. The zero-order chi connectivity index (χ0) is 96.2. The second-order valence-corrected chi connectivity index (χ2v) is 45.1. The van der Waals surface area contributed by atoms with Gasteiger partial charge in [0, 0.05) is 113 Å². The molecule has 23 aromatic carbocycles. The first kappa shape index (κ1) is 81.7. The Hall–Kier alpha value is -17.7. The molecule has 0 saturated carbocycles. The van der Waals surface area contributed by atoms with E-state index in [4.69, 9.17) is 0 Å². The standard InChI is InChI=1S/C55H31NS2.2C43H25NS/c1-5-22-48-38(12-1)41-17-11-21-45-52(41)56(48)49-23-6-4-20-44(49)55(45)46-30-32(34-15-9-18-42-39-13-2-7-24-50(39)57-53(34)42)26-28-36(46)37-29-27-33(31-47(37)55)35-16-10-19-43-40-14-3-8-25-51(40)58-54(35)43;1-5-15-34-28(11-1)29-12-2-6-16-35(29)43(34)36-17-7-9-19-39(36)44-38-18-8-3-13-30(38)33-24-27(25-37(43)42(33)44)26-21-22-41-32(23-26)31-14-4-10-20-40(31)45-41;1-4-14-34-28(10-1)29-11-2-5-15-35(29)43(34)36-16-6-7-18-39(36)44-38-22-20-26(24-32(38)31-13-9-17-37(43)42(31)44)27-21-23-41-33(25-27)30-12-3-8-19-40(30)45-41/h1-31H;2*1-25H. The van der Waals surface area contributed by atoms with Crippen LogP contribution in [0.5, 0.6) is 0 Å². The van der Waals surface area contributed by atoms with Gasteiger partial charge in [-0.25, -0.2) is 0 Å². The van der Waals surface area contributed by atoms with Crippen molar-refractivity contribution in [2.24, 2.45) is 0 Å². The molecule has 7 aromatic heterocycles. The van der Waals surface area contributed by atoms with Crippen LogP contribution in [0.25, 0.3) is 241 Å². The average Bonchev–Trinajstić information content (AvgIpc) is 1.53. The molecule has 0 amide bonds. The Morgan fingerprint density at radius 2 is 0.405 bits per heavy atom. The molecule has 0 N–H and O–H groups in total. The Morgan fingerprint density at radius 3 is 0.865 bits per heavy atom. The third-order valence-electron chi connectivity index (χ3n) is 34.0. The van der Waals surface area contributed by atoms with Crippen LogP contribution >= 0.6 is 45.3 Å². The third-order valence-corrected chi connectivity index (χ3v) is 38.7. The van der Waals surface area contributed by atoms with Crippen LogP contribution in [-0.4, -0.2) is 13.7 Å². The third kappa shape index (κ3) is 10.6. The second kappa shape index (κ2) is 30.3. The molecular weight excluding hydrogens is 1860 g/mol. The maximum Gasteiger partial charge on any atom is 0.0754 e. The van der Waals surface area contributed by atoms with Crippen molar-refractivity contribution in [3.8, 4) is 95.0 Å². The summed E-state index contributed by atoms with van der Waals surface area (Å²) in [5.74, 6) is 0. The van der Waals surface area contributed by atoms with Gasteiger partial charge in [-0.3, -0.25) is 0 Å². The van der Waals surface area contributed by atoms with E-state index in [0.717, 1.165) is 0 Å². The number of aromatic nitrogens is 3. The molecule has 10 heterocycles. The lowest BCUT2D eigenvalue weighted by atomic mass is 9.65. The first-order chi connectivity index (χ1) is 73.4. The van der Waals surface area contributed by atoms with Gasteiger partial charge in [-0.1, -0.05) is 376 Å². The van der Waals surface area contributed by atoms with Crippen molar-refractivity contribution in [3.05, 3.63) is 558 Å². The maximum atomic E-state index is 2.55. The number of fused-ring (bicyclic) bond motifs is 48. The fraction of sp³-hybridized carbons (Fsp3) is 0.0213. The van der Waals surface area contributed by atoms with E-state index in [9.17, 15) is 0 Å². The topological polar surface area (TPSA) is 14.8 Å². The number of benzene rings is 23. The van der Waals surface area contributed by atoms with Crippen molar-refractivity contribution in [2.45, 2.75) is 16.2 Å². The highest BCUT2D eigenvalue weighted by Crippen LogP contribution is 2.67. The molecule has 0 bridgehead atoms. The van der Waals surface area contributed by atoms with Gasteiger partial charge in [-0.2, -0.15) is 0 Å². The number of nitrogens with zero attached hydrogens (tertiary/aromatic N) is 3. The Morgan fingerprint density at radius 1 is 0.135 bits per heavy atom. The molecule has 0 unspecified atom stereocenters. The lowest BCUT2D eigenvalue weighted by molar-refractivity contribution is 0.748. The van der Waals surface area contributed by atoms with Gasteiger partial charge in [-0.15, -0.1) is 45.3 Å². The molecule has 36 rings (SSSR count). The van der Waals surface area contributed by atoms with Crippen LogP contribution in [-0.2, 0) is 16.2 Å². The van der Waals surface area contributed by atoms with Crippen LogP contribution in [0.3, 0.4) is 0 Å². The van der Waals surface area contributed by atoms with E-state index in [0.29, 0.717) is 0 Å². The Bertz CT molecular complexity index is 10900. The van der Waals surface area contributed by atoms with E-state index in [1.54, 1.807) is 0 Å². The second-order valence-electron chi connectivity index (χ2n) is 40.8. The Labute approximate surface area is 867 Å². The normalized spacial score (nSPS) is 13.8. The van der Waals surface area contributed by atoms with Crippen LogP contribution in [0.2, 0.25) is 0 Å². The smallest absolute Gasteiger partial charge is 0.0754 e. The first-order valence-corrected chi connectivity index (χ1v) is 54.5. The molecule has 3 aliphatic heterocycles. The molecule has 3 spiro atoms. The van der Waals surface area contributed by atoms with Crippen molar-refractivity contribution in [1.29, 1.82) is 0 Å². The monoisotopic (exact) mass is 1940 g/mol. The molecule has 3 aliphatic carbocycles. The summed E-state index contributed by atoms with van der Waals surface area (Å²) in [4.78, 5) is 0. The summed E-state index contributed by atoms with van der Waals surface area (Å²) in [6.45, 7) is 0. The van der Waals surface area contributed by atoms with Gasteiger partial charge in [0.05, 0.1) is 66.4 Å². The van der Waals surface area contributed by atoms with Gasteiger partial charge >= 0.3 is 0 Å². The van der Waals surface area contributed by atoms with E-state index in [-0.39, 0.29) is 5.41 Å². The molecule has 684 valence electrons. The summed E-state index contributed by atoms with van der Waals surface area (Å²) in [6, 6.07) is 185. The van der Waals surface area contributed by atoms with Crippen LogP contribution in [0, 0.1) is 0 Å². The van der Waals surface area contributed by atoms with Gasteiger partial charge in [0.15, 0.2) is 0 Å². The predicted octanol–water partition coefficient (Wildman–Crippen LogP) is 38.5. The van der Waals surface area contributed by atoms with Gasteiger partial charge in [-0.05, 0) is 260 Å². The highest BCUT2D eigenvalue weighted by Gasteiger charge is 2.55. The number of hydrogen-bond donors (Lipinski definition) is 0. The minimum Gasteiger partial charge on any atom is -0.309 e. The van der Waals surface area contributed by atoms with E-state index >= 15 is 0 Å². The molecule has 30 aromatic rings. The zero-order valence-electron chi connectivity index (χ0n) is 79.7. The lowest BCUT2D eigenvalue weighted by Crippen LogP contribution is -2.33. The Balaban J connectivity index is 0.0000000960. The molecule has 6 aliphatic rings. The lowest BCUT2D eigenvalue weighted by Gasteiger charge is -2.40. The SMILES string of the molecule is c1ccc2c(c1)-c1ccccc1C21c2ccccc2-n2c3ccc(-c4ccc5sc6ccccc6c5c4)cc3c3cccc1c32.c1ccc2c(c1)-c1ccccc1C21c2ccccc2-n2c3ccccc3c3cc(-c4ccc5sc6ccccc6c5c4)cc1c32.c1ccc2c(c1)-n1c3ccccc3c3cccc(c31)C21c2cc(-c3cccc4c3sc3ccccc34)ccc2-c2ccc(-c3cccc4c3sc3ccccc34)cc21. The number of para-hydroxylation sites is 7. The highest BCUT2D eigenvalue weighted by molar-refractivity contribution is 7.27. The fourth-order valence-corrected chi connectivity index (χ4v) is 32.8. The summed E-state index contributed by atoms with van der Waals surface area (Å²) >= 11 is 7.57. The van der Waals surface area contributed by atoms with E-state index in [1.165, 1.54) is 308 Å². The van der Waals surface area contributed by atoms with Gasteiger partial charge in [0.25, 0.3) is 0 Å². The highest BCUT2D eigenvalue weighted by atomic mass is 32.1. The van der Waals surface area contributed by atoms with Gasteiger partial charge in [0.1, 0.15) is 0 Å². The summed E-state index contributed by atoms with van der Waals surface area (Å²) in [5, 5.41) is 18.5. The van der Waals surface area contributed by atoms with Crippen molar-refractivity contribution < 1.29 is 0 Å². The largest absolute Gasteiger partial charge is 0.309 e. The number of hydrogen-bond acceptors (Lipinski definition) is 4. The molecular formula is C141H81N3S4. The average molecular weight is 1950 g/mol. The van der Waals surface area contributed by atoms with Crippen molar-refractivity contribution in [3.63, 3.8) is 0 Å². The minimum absolute atomic E-state index is 0.373. The van der Waals surface area contributed by atoms with Crippen molar-refractivity contribution in [1.82, 2.24) is 13.7 Å². The molecule has 0 saturated heterocycles. The fourth-order valence-electron chi connectivity index (χ4n) is 28.2. The molecule has 3 nitrogen and oxygen atoms in total. The van der Waals surface area contributed by atoms with E-state index in [2.05, 4.69) is 505 Å². The van der Waals surface area contributed by atoms with Crippen LogP contribution in [0.15, 0.2) is 491 Å². The minimum atomic E-state index is -0.556. The van der Waals surface area contributed by atoms with Gasteiger partial charge in [0.2, 0.25) is 0 Å². The van der Waals surface area contributed by atoms with E-state index < -0.39 is 10.8 Å². The number of thiophene rings is 4. The predicted molar refractivity (Wildman–Crippen MR) is 628 cm³/mol. The van der Waals surface area contributed by atoms with Crippen molar-refractivity contribution >= 4 is 191 Å².